The molecule has 3 aromatic rings. The molecule has 0 amide bonds. The molecule has 11 heteroatoms. The summed E-state index contributed by atoms with van der Waals surface area (Å²) in [6.45, 7) is 3.71. The van der Waals surface area contributed by atoms with Gasteiger partial charge in [-0.3, -0.25) is 20.5 Å². The van der Waals surface area contributed by atoms with Gasteiger partial charge in [0, 0.05) is 24.2 Å². The fraction of sp³-hybridized carbons (Fsp3) is 0.300. The number of aromatic nitrogens is 3. The summed E-state index contributed by atoms with van der Waals surface area (Å²) in [5.41, 5.74) is -0.124. The van der Waals surface area contributed by atoms with Crippen LogP contribution in [0.15, 0.2) is 48.8 Å². The molecule has 2 N–H and O–H groups in total. The summed E-state index contributed by atoms with van der Waals surface area (Å²) in [4.78, 5) is 14.7. The van der Waals surface area contributed by atoms with Crippen LogP contribution in [-0.2, 0) is 12.7 Å². The third-order valence-electron chi connectivity index (χ3n) is 4.37. The van der Waals surface area contributed by atoms with Gasteiger partial charge in [-0.15, -0.1) is 0 Å². The van der Waals surface area contributed by atoms with Gasteiger partial charge >= 0.3 is 6.18 Å². The highest BCUT2D eigenvalue weighted by Gasteiger charge is 2.31. The number of nitro groups is 1. The molecule has 8 nitrogen and oxygen atoms in total. The minimum Gasteiger partial charge on any atom is -0.491 e. The van der Waals surface area contributed by atoms with Gasteiger partial charge in [-0.25, -0.2) is 4.98 Å². The monoisotopic (exact) mass is 435 g/mol. The van der Waals surface area contributed by atoms with E-state index in [-0.39, 0.29) is 18.3 Å². The zero-order chi connectivity index (χ0) is 22.6. The van der Waals surface area contributed by atoms with Crippen molar-refractivity contribution in [2.45, 2.75) is 38.7 Å². The van der Waals surface area contributed by atoms with E-state index < -0.39 is 22.7 Å². The molecule has 0 aliphatic rings. The van der Waals surface area contributed by atoms with Crippen LogP contribution in [0.4, 0.5) is 18.9 Å². The third-order valence-corrected chi connectivity index (χ3v) is 4.37. The lowest BCUT2D eigenvalue weighted by Crippen LogP contribution is -2.24. The lowest BCUT2D eigenvalue weighted by molar-refractivity contribution is -0.384. The van der Waals surface area contributed by atoms with Crippen molar-refractivity contribution in [2.24, 2.45) is 0 Å². The van der Waals surface area contributed by atoms with Crippen molar-refractivity contribution in [3.05, 3.63) is 81.4 Å². The molecule has 1 heterocycles. The van der Waals surface area contributed by atoms with Crippen LogP contribution >= 0.6 is 0 Å². The van der Waals surface area contributed by atoms with Crippen molar-refractivity contribution in [2.75, 3.05) is 0 Å². The van der Waals surface area contributed by atoms with E-state index >= 15 is 0 Å². The van der Waals surface area contributed by atoms with Crippen LogP contribution in [0.5, 0.6) is 5.75 Å². The molecule has 0 radical (unpaired) electrons. The maximum atomic E-state index is 13.2. The quantitative estimate of drug-likeness (QED) is 0.401. The average Bonchev–Trinajstić information content (AvgIpc) is 3.23. The Hall–Kier alpha value is -3.47. The molecular weight excluding hydrogens is 415 g/mol. The largest absolute Gasteiger partial charge is 0.491 e. The number of rotatable bonds is 8. The number of ether oxygens (including phenoxy) is 1. The van der Waals surface area contributed by atoms with Crippen LogP contribution in [0.2, 0.25) is 0 Å². The number of hydrogen-bond donors (Lipinski definition) is 2. The standard InChI is InChI=1S/C20H20F3N5O3/c1-12(2)31-17-7-6-16(28(29)30)9-14(17)10-24-18(19-25-11-26-27-19)13-4-3-5-15(8-13)20(21,22)23/h3-9,11-12,18,24H,10H2,1-2H3,(H,25,26,27). The fourth-order valence-electron chi connectivity index (χ4n) is 3.02. The molecule has 0 spiro atoms. The minimum absolute atomic E-state index is 0.0747. The zero-order valence-corrected chi connectivity index (χ0v) is 16.7. The van der Waals surface area contributed by atoms with Crippen molar-refractivity contribution in [1.29, 1.82) is 0 Å². The van der Waals surface area contributed by atoms with Gasteiger partial charge in [0.05, 0.1) is 22.6 Å². The van der Waals surface area contributed by atoms with Crippen LogP contribution in [0.3, 0.4) is 0 Å². The molecule has 164 valence electrons. The van der Waals surface area contributed by atoms with Crippen molar-refractivity contribution in [3.63, 3.8) is 0 Å². The molecule has 1 unspecified atom stereocenters. The number of halogens is 3. The second kappa shape index (κ2) is 9.13. The smallest absolute Gasteiger partial charge is 0.416 e. The summed E-state index contributed by atoms with van der Waals surface area (Å²) < 4.78 is 45.3. The molecule has 0 saturated heterocycles. The molecule has 0 aliphatic heterocycles. The number of alkyl halides is 3. The predicted molar refractivity (Wildman–Crippen MR) is 105 cm³/mol. The van der Waals surface area contributed by atoms with Gasteiger partial charge in [-0.05, 0) is 37.6 Å². The van der Waals surface area contributed by atoms with Gasteiger partial charge in [-0.2, -0.15) is 18.3 Å². The molecule has 1 atom stereocenters. The lowest BCUT2D eigenvalue weighted by Gasteiger charge is -2.20. The minimum atomic E-state index is -4.50. The summed E-state index contributed by atoms with van der Waals surface area (Å²) in [7, 11) is 0. The summed E-state index contributed by atoms with van der Waals surface area (Å²) in [6, 6.07) is 8.29. The van der Waals surface area contributed by atoms with Gasteiger partial charge < -0.3 is 4.74 Å². The highest BCUT2D eigenvalue weighted by atomic mass is 19.4. The van der Waals surface area contributed by atoms with Crippen LogP contribution in [0, 0.1) is 10.1 Å². The van der Waals surface area contributed by atoms with Crippen LogP contribution in [0.1, 0.15) is 42.4 Å². The molecule has 0 bridgehead atoms. The first-order chi connectivity index (χ1) is 14.6. The Morgan fingerprint density at radius 2 is 2.00 bits per heavy atom. The number of H-pyrrole nitrogens is 1. The number of benzene rings is 2. The summed E-state index contributed by atoms with van der Waals surface area (Å²) >= 11 is 0. The molecule has 0 aliphatic carbocycles. The normalized spacial score (nSPS) is 12.7. The molecule has 0 saturated carbocycles. The number of aromatic amines is 1. The highest BCUT2D eigenvalue weighted by Crippen LogP contribution is 2.32. The molecule has 0 fully saturated rings. The van der Waals surface area contributed by atoms with Crippen LogP contribution in [-0.4, -0.2) is 26.2 Å². The maximum absolute atomic E-state index is 13.2. The molecule has 31 heavy (non-hydrogen) atoms. The number of nitrogens with zero attached hydrogens (tertiary/aromatic N) is 3. The van der Waals surface area contributed by atoms with E-state index in [1.807, 2.05) is 13.8 Å². The Bertz CT molecular complexity index is 1040. The van der Waals surface area contributed by atoms with Gasteiger partial charge in [0.1, 0.15) is 17.9 Å². The topological polar surface area (TPSA) is 106 Å². The third kappa shape index (κ3) is 5.57. The van der Waals surface area contributed by atoms with Crippen LogP contribution in [0.25, 0.3) is 0 Å². The Balaban J connectivity index is 1.94. The Morgan fingerprint density at radius 1 is 1.23 bits per heavy atom. The first kappa shape index (κ1) is 22.2. The Kier molecular flexibility index (Phi) is 6.54. The van der Waals surface area contributed by atoms with E-state index in [2.05, 4.69) is 20.5 Å². The van der Waals surface area contributed by atoms with E-state index in [1.54, 1.807) is 0 Å². The maximum Gasteiger partial charge on any atom is 0.416 e. The number of non-ortho nitro benzene ring substituents is 1. The van der Waals surface area contributed by atoms with Crippen molar-refractivity contribution >= 4 is 5.69 Å². The Morgan fingerprint density at radius 3 is 2.61 bits per heavy atom. The van der Waals surface area contributed by atoms with Gasteiger partial charge in [0.15, 0.2) is 0 Å². The summed E-state index contributed by atoms with van der Waals surface area (Å²) in [5.74, 6) is 0.740. The van der Waals surface area contributed by atoms with Crippen molar-refractivity contribution < 1.29 is 22.8 Å². The highest BCUT2D eigenvalue weighted by molar-refractivity contribution is 5.44. The van der Waals surface area contributed by atoms with E-state index in [4.69, 9.17) is 4.74 Å². The van der Waals surface area contributed by atoms with Crippen molar-refractivity contribution in [3.8, 4) is 5.75 Å². The second-order valence-corrected chi connectivity index (χ2v) is 7.02. The SMILES string of the molecule is CC(C)Oc1ccc([N+](=O)[O-])cc1CNC(c1cccc(C(F)(F)F)c1)c1ncn[nH]1. The average molecular weight is 435 g/mol. The summed E-state index contributed by atoms with van der Waals surface area (Å²) in [5, 5.41) is 20.7. The fourth-order valence-corrected chi connectivity index (χ4v) is 3.02. The van der Waals surface area contributed by atoms with E-state index in [1.165, 1.54) is 36.7 Å². The number of nitro benzene ring substituents is 1. The predicted octanol–water partition coefficient (Wildman–Crippen LogP) is 4.40. The second-order valence-electron chi connectivity index (χ2n) is 7.02. The molecule has 2 aromatic carbocycles. The van der Waals surface area contributed by atoms with E-state index in [0.29, 0.717) is 22.7 Å². The van der Waals surface area contributed by atoms with E-state index in [0.717, 1.165) is 12.1 Å². The van der Waals surface area contributed by atoms with Crippen molar-refractivity contribution in [1.82, 2.24) is 20.5 Å². The first-order valence-corrected chi connectivity index (χ1v) is 9.35. The van der Waals surface area contributed by atoms with Gasteiger partial charge in [0.25, 0.3) is 5.69 Å². The van der Waals surface area contributed by atoms with Gasteiger partial charge in [-0.1, -0.05) is 12.1 Å². The summed E-state index contributed by atoms with van der Waals surface area (Å²) in [6.07, 6.45) is -3.42. The first-order valence-electron chi connectivity index (χ1n) is 9.35. The van der Waals surface area contributed by atoms with E-state index in [9.17, 15) is 23.3 Å². The Labute approximate surface area is 175 Å². The number of hydrogen-bond acceptors (Lipinski definition) is 6. The van der Waals surface area contributed by atoms with Gasteiger partial charge in [0.2, 0.25) is 0 Å². The zero-order valence-electron chi connectivity index (χ0n) is 16.7. The number of nitrogens with one attached hydrogen (secondary N) is 2. The molecule has 3 rings (SSSR count). The van der Waals surface area contributed by atoms with Crippen LogP contribution < -0.4 is 10.1 Å². The molecule has 1 aromatic heterocycles. The lowest BCUT2D eigenvalue weighted by atomic mass is 10.0. The molecular formula is C20H20F3N5O3.